The summed E-state index contributed by atoms with van der Waals surface area (Å²) >= 11 is 0. The molecule has 0 spiro atoms. The van der Waals surface area contributed by atoms with Crippen LogP contribution in [0.25, 0.3) is 0 Å². The zero-order chi connectivity index (χ0) is 15.3. The molecule has 0 saturated heterocycles. The van der Waals surface area contributed by atoms with E-state index < -0.39 is 0 Å². The minimum absolute atomic E-state index is 0.560. The van der Waals surface area contributed by atoms with Crippen LogP contribution in [0.5, 0.6) is 5.88 Å². The van der Waals surface area contributed by atoms with Gasteiger partial charge in [-0.25, -0.2) is 4.98 Å². The molecule has 0 amide bonds. The fraction of sp³-hybridized carbons (Fsp3) is 0.706. The molecule has 1 aromatic rings. The van der Waals surface area contributed by atoms with Crippen molar-refractivity contribution in [3.63, 3.8) is 0 Å². The molecular formula is C17H30N2O2. The van der Waals surface area contributed by atoms with Gasteiger partial charge in [0.05, 0.1) is 6.61 Å². The summed E-state index contributed by atoms with van der Waals surface area (Å²) in [6.45, 7) is 10.3. The topological polar surface area (TPSA) is 43.4 Å². The lowest BCUT2D eigenvalue weighted by Crippen LogP contribution is -2.15. The van der Waals surface area contributed by atoms with Gasteiger partial charge in [-0.15, -0.1) is 0 Å². The summed E-state index contributed by atoms with van der Waals surface area (Å²) < 4.78 is 11.1. The molecule has 1 heterocycles. The van der Waals surface area contributed by atoms with Crippen LogP contribution in [0.4, 0.5) is 0 Å². The summed E-state index contributed by atoms with van der Waals surface area (Å²) in [5.74, 6) is 0.717. The Bertz CT molecular complexity index is 383. The van der Waals surface area contributed by atoms with Gasteiger partial charge >= 0.3 is 0 Å². The number of aryl methyl sites for hydroxylation is 1. The first-order valence-corrected chi connectivity index (χ1v) is 8.21. The third-order valence-electron chi connectivity index (χ3n) is 3.00. The van der Waals surface area contributed by atoms with Crippen molar-refractivity contribution in [2.24, 2.45) is 0 Å². The SMILES string of the molecule is CCCNCc1cc(CCC)nc(OCCOCCC)c1. The van der Waals surface area contributed by atoms with E-state index in [9.17, 15) is 0 Å². The Morgan fingerprint density at radius 3 is 2.57 bits per heavy atom. The van der Waals surface area contributed by atoms with Crippen LogP contribution in [0.1, 0.15) is 51.3 Å². The van der Waals surface area contributed by atoms with E-state index in [1.807, 2.05) is 6.07 Å². The van der Waals surface area contributed by atoms with Gasteiger partial charge in [0, 0.05) is 24.9 Å². The van der Waals surface area contributed by atoms with Gasteiger partial charge in [0.25, 0.3) is 0 Å². The molecule has 0 aliphatic rings. The van der Waals surface area contributed by atoms with E-state index in [0.717, 1.165) is 51.1 Å². The number of nitrogens with one attached hydrogen (secondary N) is 1. The molecule has 0 saturated carbocycles. The predicted molar refractivity (Wildman–Crippen MR) is 86.8 cm³/mol. The number of nitrogens with zero attached hydrogens (tertiary/aromatic N) is 1. The Morgan fingerprint density at radius 1 is 1.00 bits per heavy atom. The largest absolute Gasteiger partial charge is 0.475 e. The van der Waals surface area contributed by atoms with Gasteiger partial charge in [-0.2, -0.15) is 0 Å². The van der Waals surface area contributed by atoms with E-state index in [1.54, 1.807) is 0 Å². The van der Waals surface area contributed by atoms with Crippen molar-refractivity contribution >= 4 is 0 Å². The highest BCUT2D eigenvalue weighted by molar-refractivity contribution is 5.25. The average molecular weight is 294 g/mol. The maximum absolute atomic E-state index is 5.72. The second kappa shape index (κ2) is 11.5. The van der Waals surface area contributed by atoms with Crippen molar-refractivity contribution in [2.45, 2.75) is 53.0 Å². The molecule has 0 aliphatic heterocycles. The van der Waals surface area contributed by atoms with Crippen LogP contribution < -0.4 is 10.1 Å². The van der Waals surface area contributed by atoms with Gasteiger partial charge < -0.3 is 14.8 Å². The van der Waals surface area contributed by atoms with Gasteiger partial charge in [0.1, 0.15) is 6.61 Å². The van der Waals surface area contributed by atoms with E-state index in [0.29, 0.717) is 19.1 Å². The fourth-order valence-electron chi connectivity index (χ4n) is 2.04. The van der Waals surface area contributed by atoms with Crippen molar-refractivity contribution in [3.05, 3.63) is 23.4 Å². The number of aromatic nitrogens is 1. The van der Waals surface area contributed by atoms with Crippen molar-refractivity contribution in [1.82, 2.24) is 10.3 Å². The van der Waals surface area contributed by atoms with Crippen molar-refractivity contribution < 1.29 is 9.47 Å². The van der Waals surface area contributed by atoms with E-state index in [-0.39, 0.29) is 0 Å². The lowest BCUT2D eigenvalue weighted by atomic mass is 10.1. The van der Waals surface area contributed by atoms with Crippen LogP contribution in [0.2, 0.25) is 0 Å². The third-order valence-corrected chi connectivity index (χ3v) is 3.00. The monoisotopic (exact) mass is 294 g/mol. The average Bonchev–Trinajstić information content (AvgIpc) is 2.48. The van der Waals surface area contributed by atoms with Gasteiger partial charge in [-0.05, 0) is 37.4 Å². The number of hydrogen-bond acceptors (Lipinski definition) is 4. The van der Waals surface area contributed by atoms with Gasteiger partial charge in [-0.3, -0.25) is 0 Å². The number of hydrogen-bond donors (Lipinski definition) is 1. The van der Waals surface area contributed by atoms with Crippen LogP contribution in [0.15, 0.2) is 12.1 Å². The van der Waals surface area contributed by atoms with Gasteiger partial charge in [0.2, 0.25) is 5.88 Å². The summed E-state index contributed by atoms with van der Waals surface area (Å²) in [4.78, 5) is 4.56. The van der Waals surface area contributed by atoms with Crippen molar-refractivity contribution in [2.75, 3.05) is 26.4 Å². The molecule has 0 fully saturated rings. The summed E-state index contributed by atoms with van der Waals surface area (Å²) in [7, 11) is 0. The highest BCUT2D eigenvalue weighted by Gasteiger charge is 2.04. The molecule has 4 heteroatoms. The molecule has 0 unspecified atom stereocenters. The Hall–Kier alpha value is -1.13. The number of pyridine rings is 1. The smallest absolute Gasteiger partial charge is 0.213 e. The minimum Gasteiger partial charge on any atom is -0.475 e. The molecule has 1 N–H and O–H groups in total. The molecule has 0 atom stereocenters. The lowest BCUT2D eigenvalue weighted by Gasteiger charge is -2.11. The second-order valence-electron chi connectivity index (χ2n) is 5.19. The third kappa shape index (κ3) is 8.02. The highest BCUT2D eigenvalue weighted by Crippen LogP contribution is 2.14. The molecule has 120 valence electrons. The normalized spacial score (nSPS) is 10.8. The first kappa shape index (κ1) is 17.9. The van der Waals surface area contributed by atoms with Crippen LogP contribution in [-0.2, 0) is 17.7 Å². The van der Waals surface area contributed by atoms with E-state index in [1.165, 1.54) is 5.56 Å². The van der Waals surface area contributed by atoms with Crippen LogP contribution in [-0.4, -0.2) is 31.3 Å². The Balaban J connectivity index is 2.54. The standard InChI is InChI=1S/C17H30N2O2/c1-4-7-16-12-15(14-18-8-5-2)13-17(19-16)21-11-10-20-9-6-3/h12-13,18H,4-11,14H2,1-3H3. The zero-order valence-corrected chi connectivity index (χ0v) is 13.8. The molecule has 0 aromatic carbocycles. The Kier molecular flexibility index (Phi) is 9.83. The Labute approximate surface area is 129 Å². The molecule has 0 bridgehead atoms. The summed E-state index contributed by atoms with van der Waals surface area (Å²) in [6, 6.07) is 4.20. The minimum atomic E-state index is 0.560. The summed E-state index contributed by atoms with van der Waals surface area (Å²) in [5, 5.41) is 3.42. The molecule has 0 aliphatic carbocycles. The molecule has 21 heavy (non-hydrogen) atoms. The maximum atomic E-state index is 5.72. The molecule has 4 nitrogen and oxygen atoms in total. The van der Waals surface area contributed by atoms with Crippen molar-refractivity contribution in [3.8, 4) is 5.88 Å². The molecular weight excluding hydrogens is 264 g/mol. The quantitative estimate of drug-likeness (QED) is 0.600. The van der Waals surface area contributed by atoms with Crippen LogP contribution in [0, 0.1) is 0 Å². The summed E-state index contributed by atoms with van der Waals surface area (Å²) in [6.07, 6.45) is 4.27. The van der Waals surface area contributed by atoms with E-state index in [2.05, 4.69) is 37.1 Å². The highest BCUT2D eigenvalue weighted by atomic mass is 16.5. The molecule has 1 aromatic heterocycles. The van der Waals surface area contributed by atoms with Gasteiger partial charge in [0.15, 0.2) is 0 Å². The van der Waals surface area contributed by atoms with E-state index in [4.69, 9.17) is 9.47 Å². The lowest BCUT2D eigenvalue weighted by molar-refractivity contribution is 0.0989. The van der Waals surface area contributed by atoms with Crippen LogP contribution in [0.3, 0.4) is 0 Å². The first-order chi connectivity index (χ1) is 10.3. The Morgan fingerprint density at radius 2 is 1.86 bits per heavy atom. The molecule has 0 radical (unpaired) electrons. The first-order valence-electron chi connectivity index (χ1n) is 8.21. The molecule has 1 rings (SSSR count). The fourth-order valence-corrected chi connectivity index (χ4v) is 2.04. The number of ether oxygens (including phenoxy) is 2. The predicted octanol–water partition coefficient (Wildman–Crippen LogP) is 3.34. The van der Waals surface area contributed by atoms with Crippen LogP contribution >= 0.6 is 0 Å². The summed E-state index contributed by atoms with van der Waals surface area (Å²) in [5.41, 5.74) is 2.35. The number of rotatable bonds is 12. The van der Waals surface area contributed by atoms with E-state index >= 15 is 0 Å². The maximum Gasteiger partial charge on any atom is 0.213 e. The van der Waals surface area contributed by atoms with Crippen molar-refractivity contribution in [1.29, 1.82) is 0 Å². The van der Waals surface area contributed by atoms with Gasteiger partial charge in [-0.1, -0.05) is 27.2 Å². The second-order valence-corrected chi connectivity index (χ2v) is 5.19. The zero-order valence-electron chi connectivity index (χ0n) is 13.8.